The lowest BCUT2D eigenvalue weighted by Crippen LogP contribution is -2.36. The summed E-state index contributed by atoms with van der Waals surface area (Å²) in [4.78, 5) is 3.32. The van der Waals surface area contributed by atoms with E-state index in [2.05, 4.69) is 40.8 Å². The fourth-order valence-corrected chi connectivity index (χ4v) is 2.96. The predicted molar refractivity (Wildman–Crippen MR) is 73.6 cm³/mol. The summed E-state index contributed by atoms with van der Waals surface area (Å²) in [6, 6.07) is 8.95. The van der Waals surface area contributed by atoms with E-state index < -0.39 is 0 Å². The van der Waals surface area contributed by atoms with Gasteiger partial charge in [0.05, 0.1) is 6.10 Å². The molecule has 2 aromatic rings. The highest BCUT2D eigenvalue weighted by Crippen LogP contribution is 2.23. The number of methoxy groups -OCH3 is 1. The predicted octanol–water partition coefficient (Wildman–Crippen LogP) is 2.83. The van der Waals surface area contributed by atoms with Crippen molar-refractivity contribution in [3.63, 3.8) is 0 Å². The Balaban J connectivity index is 1.69. The number of ether oxygens (including phenoxy) is 1. The van der Waals surface area contributed by atoms with Crippen LogP contribution in [0.2, 0.25) is 0 Å². The number of aromatic nitrogens is 1. The van der Waals surface area contributed by atoms with Crippen LogP contribution in [0.15, 0.2) is 30.5 Å². The first-order valence-electron chi connectivity index (χ1n) is 6.69. The summed E-state index contributed by atoms with van der Waals surface area (Å²) in [6.45, 7) is 0.911. The molecule has 2 unspecified atom stereocenters. The van der Waals surface area contributed by atoms with E-state index in [0.717, 1.165) is 6.54 Å². The molecular weight excluding hydrogens is 224 g/mol. The van der Waals surface area contributed by atoms with Crippen molar-refractivity contribution in [2.24, 2.45) is 0 Å². The number of rotatable bonds is 4. The molecule has 1 aliphatic carbocycles. The van der Waals surface area contributed by atoms with Crippen LogP contribution in [0.5, 0.6) is 0 Å². The largest absolute Gasteiger partial charge is 0.380 e. The first kappa shape index (κ1) is 11.8. The second-order valence-corrected chi connectivity index (χ2v) is 5.05. The first-order valence-corrected chi connectivity index (χ1v) is 6.69. The van der Waals surface area contributed by atoms with Crippen LogP contribution >= 0.6 is 0 Å². The molecule has 3 nitrogen and oxygen atoms in total. The second kappa shape index (κ2) is 5.12. The van der Waals surface area contributed by atoms with Gasteiger partial charge in [0.25, 0.3) is 0 Å². The molecule has 1 aliphatic rings. The average molecular weight is 244 g/mol. The number of H-pyrrole nitrogens is 1. The maximum absolute atomic E-state index is 5.51. The van der Waals surface area contributed by atoms with Crippen LogP contribution in [0.4, 0.5) is 0 Å². The number of hydrogen-bond acceptors (Lipinski definition) is 2. The lowest BCUT2D eigenvalue weighted by molar-refractivity contribution is 0.0847. The number of hydrogen-bond donors (Lipinski definition) is 2. The Morgan fingerprint density at radius 3 is 3.11 bits per heavy atom. The first-order chi connectivity index (χ1) is 8.88. The van der Waals surface area contributed by atoms with E-state index in [-0.39, 0.29) is 0 Å². The van der Waals surface area contributed by atoms with Crippen LogP contribution in [-0.2, 0) is 11.3 Å². The molecule has 1 aromatic carbocycles. The van der Waals surface area contributed by atoms with E-state index in [1.165, 1.54) is 35.7 Å². The zero-order chi connectivity index (χ0) is 12.4. The third kappa shape index (κ3) is 2.16. The van der Waals surface area contributed by atoms with Crippen molar-refractivity contribution in [2.75, 3.05) is 7.11 Å². The Morgan fingerprint density at radius 1 is 1.33 bits per heavy atom. The van der Waals surface area contributed by atoms with Gasteiger partial charge in [0, 0.05) is 36.8 Å². The van der Waals surface area contributed by atoms with Gasteiger partial charge in [0.1, 0.15) is 0 Å². The Hall–Kier alpha value is -1.32. The van der Waals surface area contributed by atoms with Gasteiger partial charge in [0.15, 0.2) is 0 Å². The lowest BCUT2D eigenvalue weighted by Gasteiger charge is -2.19. The highest BCUT2D eigenvalue weighted by atomic mass is 16.5. The second-order valence-electron chi connectivity index (χ2n) is 5.05. The maximum Gasteiger partial charge on any atom is 0.0724 e. The molecule has 0 spiro atoms. The minimum absolute atomic E-state index is 0.384. The highest BCUT2D eigenvalue weighted by molar-refractivity contribution is 5.82. The molecule has 0 bridgehead atoms. The molecule has 0 amide bonds. The van der Waals surface area contributed by atoms with Crippen molar-refractivity contribution < 1.29 is 4.74 Å². The van der Waals surface area contributed by atoms with Crippen LogP contribution in [0.3, 0.4) is 0 Å². The normalized spacial score (nSPS) is 23.8. The van der Waals surface area contributed by atoms with Gasteiger partial charge in [0.2, 0.25) is 0 Å². The maximum atomic E-state index is 5.51. The summed E-state index contributed by atoms with van der Waals surface area (Å²) in [5, 5.41) is 4.95. The van der Waals surface area contributed by atoms with E-state index >= 15 is 0 Å². The third-order valence-electron chi connectivity index (χ3n) is 3.98. The van der Waals surface area contributed by atoms with Crippen molar-refractivity contribution in [2.45, 2.75) is 38.0 Å². The SMILES string of the molecule is COC1CCCC1NCc1c[nH]c2ccccc12. The van der Waals surface area contributed by atoms with Crippen molar-refractivity contribution >= 4 is 10.9 Å². The van der Waals surface area contributed by atoms with Gasteiger partial charge in [-0.2, -0.15) is 0 Å². The van der Waals surface area contributed by atoms with Crippen molar-refractivity contribution in [1.82, 2.24) is 10.3 Å². The van der Waals surface area contributed by atoms with Crippen LogP contribution in [0.25, 0.3) is 10.9 Å². The summed E-state index contributed by atoms with van der Waals surface area (Å²) in [7, 11) is 1.82. The van der Waals surface area contributed by atoms with E-state index in [9.17, 15) is 0 Å². The van der Waals surface area contributed by atoms with Gasteiger partial charge in [-0.25, -0.2) is 0 Å². The van der Waals surface area contributed by atoms with E-state index in [1.54, 1.807) is 0 Å². The number of para-hydroxylation sites is 1. The Labute approximate surface area is 108 Å². The molecule has 0 saturated heterocycles. The fraction of sp³-hybridized carbons (Fsp3) is 0.467. The summed E-state index contributed by atoms with van der Waals surface area (Å²) in [5.74, 6) is 0. The Morgan fingerprint density at radius 2 is 2.22 bits per heavy atom. The quantitative estimate of drug-likeness (QED) is 0.867. The standard InChI is InChI=1S/C15H20N2O/c1-18-15-8-4-7-14(15)17-10-11-9-16-13-6-3-2-5-12(11)13/h2-3,5-6,9,14-17H,4,7-8,10H2,1H3. The van der Waals surface area contributed by atoms with Gasteiger partial charge < -0.3 is 15.0 Å². The van der Waals surface area contributed by atoms with E-state index in [0.29, 0.717) is 12.1 Å². The average Bonchev–Trinajstić information content (AvgIpc) is 3.02. The fourth-order valence-electron chi connectivity index (χ4n) is 2.96. The van der Waals surface area contributed by atoms with Crippen molar-refractivity contribution in [3.05, 3.63) is 36.0 Å². The van der Waals surface area contributed by atoms with Gasteiger partial charge in [-0.1, -0.05) is 18.2 Å². The molecule has 18 heavy (non-hydrogen) atoms. The number of fused-ring (bicyclic) bond motifs is 1. The van der Waals surface area contributed by atoms with Crippen LogP contribution in [0.1, 0.15) is 24.8 Å². The molecule has 1 aromatic heterocycles. The molecule has 0 aliphatic heterocycles. The molecule has 1 fully saturated rings. The van der Waals surface area contributed by atoms with E-state index in [1.807, 2.05) is 7.11 Å². The molecule has 96 valence electrons. The molecule has 2 atom stereocenters. The Kier molecular flexibility index (Phi) is 3.35. The third-order valence-corrected chi connectivity index (χ3v) is 3.98. The minimum Gasteiger partial charge on any atom is -0.380 e. The minimum atomic E-state index is 0.384. The summed E-state index contributed by atoms with van der Waals surface area (Å²) in [5.41, 5.74) is 2.55. The molecule has 1 saturated carbocycles. The molecule has 3 rings (SSSR count). The highest BCUT2D eigenvalue weighted by Gasteiger charge is 2.26. The van der Waals surface area contributed by atoms with Crippen LogP contribution in [0, 0.1) is 0 Å². The number of nitrogens with one attached hydrogen (secondary N) is 2. The lowest BCUT2D eigenvalue weighted by atomic mass is 10.1. The molecule has 3 heteroatoms. The molecule has 0 radical (unpaired) electrons. The zero-order valence-corrected chi connectivity index (χ0v) is 10.8. The van der Waals surface area contributed by atoms with Crippen molar-refractivity contribution in [1.29, 1.82) is 0 Å². The van der Waals surface area contributed by atoms with Crippen LogP contribution in [-0.4, -0.2) is 24.2 Å². The summed E-state index contributed by atoms with van der Waals surface area (Å²) in [6.07, 6.45) is 6.16. The summed E-state index contributed by atoms with van der Waals surface area (Å²) < 4.78 is 5.51. The monoisotopic (exact) mass is 244 g/mol. The molecule has 2 N–H and O–H groups in total. The summed E-state index contributed by atoms with van der Waals surface area (Å²) >= 11 is 0. The molecule has 1 heterocycles. The van der Waals surface area contributed by atoms with Crippen LogP contribution < -0.4 is 5.32 Å². The topological polar surface area (TPSA) is 37.0 Å². The van der Waals surface area contributed by atoms with Gasteiger partial charge >= 0.3 is 0 Å². The Bertz CT molecular complexity index is 520. The van der Waals surface area contributed by atoms with Gasteiger partial charge in [-0.3, -0.25) is 0 Å². The molecular formula is C15H20N2O. The van der Waals surface area contributed by atoms with Gasteiger partial charge in [-0.15, -0.1) is 0 Å². The van der Waals surface area contributed by atoms with Crippen molar-refractivity contribution in [3.8, 4) is 0 Å². The van der Waals surface area contributed by atoms with Gasteiger partial charge in [-0.05, 0) is 30.9 Å². The van der Waals surface area contributed by atoms with E-state index in [4.69, 9.17) is 4.74 Å². The number of benzene rings is 1. The zero-order valence-electron chi connectivity index (χ0n) is 10.8. The number of aromatic amines is 1. The smallest absolute Gasteiger partial charge is 0.0724 e.